The number of nitrogens with two attached hydrogens (primary N) is 1. The van der Waals surface area contributed by atoms with Crippen molar-refractivity contribution in [2.24, 2.45) is 5.73 Å². The van der Waals surface area contributed by atoms with E-state index < -0.39 is 0 Å². The van der Waals surface area contributed by atoms with Gasteiger partial charge in [-0.25, -0.2) is 0 Å². The van der Waals surface area contributed by atoms with Crippen LogP contribution >= 0.6 is 0 Å². The molecule has 0 bridgehead atoms. The summed E-state index contributed by atoms with van der Waals surface area (Å²) in [4.78, 5) is 0. The van der Waals surface area contributed by atoms with Gasteiger partial charge in [0.25, 0.3) is 0 Å². The fourth-order valence-electron chi connectivity index (χ4n) is 1.98. The van der Waals surface area contributed by atoms with Gasteiger partial charge in [-0.1, -0.05) is 18.2 Å². The van der Waals surface area contributed by atoms with Crippen molar-refractivity contribution in [1.82, 2.24) is 0 Å². The fourth-order valence-corrected chi connectivity index (χ4v) is 1.98. The number of hydrogen-bond donors (Lipinski definition) is 1. The third kappa shape index (κ3) is 3.11. The molecular formula is C16H19NO. The van der Waals surface area contributed by atoms with Crippen LogP contribution in [0.5, 0.6) is 11.5 Å². The third-order valence-electron chi connectivity index (χ3n) is 2.95. The normalized spacial score (nSPS) is 10.4. The average molecular weight is 241 g/mol. The standard InChI is InChI=1S/C16H19NO/c1-12-4-3-5-15(10-12)18-16-7-6-14(8-9-17)13(2)11-16/h3-7,10-11H,8-9,17H2,1-2H3. The topological polar surface area (TPSA) is 35.2 Å². The van der Waals surface area contributed by atoms with Crippen molar-refractivity contribution >= 4 is 0 Å². The van der Waals surface area contributed by atoms with E-state index in [1.807, 2.05) is 24.3 Å². The van der Waals surface area contributed by atoms with Crippen LogP contribution < -0.4 is 10.5 Å². The molecule has 0 amide bonds. The molecule has 0 saturated heterocycles. The first kappa shape index (κ1) is 12.7. The lowest BCUT2D eigenvalue weighted by Crippen LogP contribution is -2.04. The van der Waals surface area contributed by atoms with Crippen LogP contribution in [0, 0.1) is 13.8 Å². The maximum absolute atomic E-state index is 5.84. The minimum absolute atomic E-state index is 0.679. The first-order chi connectivity index (χ1) is 8.69. The molecular weight excluding hydrogens is 222 g/mol. The third-order valence-corrected chi connectivity index (χ3v) is 2.95. The van der Waals surface area contributed by atoms with E-state index in [9.17, 15) is 0 Å². The zero-order valence-corrected chi connectivity index (χ0v) is 10.9. The first-order valence-electron chi connectivity index (χ1n) is 6.23. The molecule has 0 aliphatic heterocycles. The quantitative estimate of drug-likeness (QED) is 0.887. The van der Waals surface area contributed by atoms with Crippen LogP contribution in [-0.2, 0) is 6.42 Å². The van der Waals surface area contributed by atoms with E-state index in [2.05, 4.69) is 32.0 Å². The first-order valence-corrected chi connectivity index (χ1v) is 6.23. The lowest BCUT2D eigenvalue weighted by Gasteiger charge is -2.10. The second kappa shape index (κ2) is 5.69. The summed E-state index contributed by atoms with van der Waals surface area (Å²) in [5, 5.41) is 0. The Morgan fingerprint density at radius 1 is 1.00 bits per heavy atom. The molecule has 2 heteroatoms. The molecule has 0 radical (unpaired) electrons. The summed E-state index contributed by atoms with van der Waals surface area (Å²) in [6.07, 6.45) is 0.913. The molecule has 18 heavy (non-hydrogen) atoms. The SMILES string of the molecule is Cc1cccc(Oc2ccc(CCN)c(C)c2)c1. The van der Waals surface area contributed by atoms with Crippen molar-refractivity contribution < 1.29 is 4.74 Å². The number of benzene rings is 2. The summed E-state index contributed by atoms with van der Waals surface area (Å²) in [7, 11) is 0. The molecule has 0 fully saturated rings. The molecule has 94 valence electrons. The molecule has 0 unspecified atom stereocenters. The second-order valence-electron chi connectivity index (χ2n) is 4.55. The van der Waals surface area contributed by atoms with Gasteiger partial charge in [-0.2, -0.15) is 0 Å². The maximum atomic E-state index is 5.84. The Labute approximate surface area is 108 Å². The van der Waals surface area contributed by atoms with E-state index in [4.69, 9.17) is 10.5 Å². The fraction of sp³-hybridized carbons (Fsp3) is 0.250. The Kier molecular flexibility index (Phi) is 4.00. The monoisotopic (exact) mass is 241 g/mol. The molecule has 0 aliphatic carbocycles. The number of aryl methyl sites for hydroxylation is 2. The lowest BCUT2D eigenvalue weighted by atomic mass is 10.1. The number of rotatable bonds is 4. The predicted octanol–water partition coefficient (Wildman–Crippen LogP) is 3.60. The Balaban J connectivity index is 2.17. The summed E-state index contributed by atoms with van der Waals surface area (Å²) >= 11 is 0. The van der Waals surface area contributed by atoms with Crippen LogP contribution in [0.4, 0.5) is 0 Å². The molecule has 0 heterocycles. The molecule has 2 rings (SSSR count). The van der Waals surface area contributed by atoms with Gasteiger partial charge in [-0.3, -0.25) is 0 Å². The highest BCUT2D eigenvalue weighted by atomic mass is 16.5. The van der Waals surface area contributed by atoms with Crippen LogP contribution in [0.1, 0.15) is 16.7 Å². The molecule has 0 aliphatic rings. The Hall–Kier alpha value is -1.80. The highest BCUT2D eigenvalue weighted by Crippen LogP contribution is 2.24. The summed E-state index contributed by atoms with van der Waals surface area (Å²) in [5.41, 5.74) is 9.29. The van der Waals surface area contributed by atoms with Crippen LogP contribution in [0.3, 0.4) is 0 Å². The van der Waals surface area contributed by atoms with Gasteiger partial charge in [0.05, 0.1) is 0 Å². The van der Waals surface area contributed by atoms with Gasteiger partial charge in [-0.15, -0.1) is 0 Å². The van der Waals surface area contributed by atoms with Crippen LogP contribution in [0.2, 0.25) is 0 Å². The largest absolute Gasteiger partial charge is 0.457 e. The van der Waals surface area contributed by atoms with E-state index in [1.54, 1.807) is 0 Å². The minimum Gasteiger partial charge on any atom is -0.457 e. The molecule has 2 N–H and O–H groups in total. The minimum atomic E-state index is 0.679. The molecule has 2 aromatic carbocycles. The summed E-state index contributed by atoms with van der Waals surface area (Å²) < 4.78 is 5.84. The Morgan fingerprint density at radius 2 is 1.78 bits per heavy atom. The van der Waals surface area contributed by atoms with Gasteiger partial charge in [0.2, 0.25) is 0 Å². The highest BCUT2D eigenvalue weighted by Gasteiger charge is 2.02. The van der Waals surface area contributed by atoms with Crippen LogP contribution in [0.25, 0.3) is 0 Å². The summed E-state index contributed by atoms with van der Waals surface area (Å²) in [6.45, 7) is 4.83. The van der Waals surface area contributed by atoms with E-state index in [-0.39, 0.29) is 0 Å². The summed E-state index contributed by atoms with van der Waals surface area (Å²) in [5.74, 6) is 1.75. The lowest BCUT2D eigenvalue weighted by molar-refractivity contribution is 0.481. The van der Waals surface area contributed by atoms with Crippen molar-refractivity contribution in [3.8, 4) is 11.5 Å². The smallest absolute Gasteiger partial charge is 0.127 e. The molecule has 0 aromatic heterocycles. The van der Waals surface area contributed by atoms with Crippen LogP contribution in [-0.4, -0.2) is 6.54 Å². The highest BCUT2D eigenvalue weighted by molar-refractivity contribution is 5.38. The molecule has 0 spiro atoms. The molecule has 2 aromatic rings. The van der Waals surface area contributed by atoms with Crippen molar-refractivity contribution in [3.63, 3.8) is 0 Å². The molecule has 0 atom stereocenters. The van der Waals surface area contributed by atoms with Gasteiger partial charge in [0.1, 0.15) is 11.5 Å². The predicted molar refractivity (Wildman–Crippen MR) is 75.2 cm³/mol. The van der Waals surface area contributed by atoms with E-state index in [0.717, 1.165) is 17.9 Å². The van der Waals surface area contributed by atoms with Crippen molar-refractivity contribution in [2.45, 2.75) is 20.3 Å². The van der Waals surface area contributed by atoms with E-state index in [0.29, 0.717) is 6.54 Å². The van der Waals surface area contributed by atoms with Crippen molar-refractivity contribution in [3.05, 3.63) is 59.2 Å². The van der Waals surface area contributed by atoms with Gasteiger partial charge in [-0.05, 0) is 67.8 Å². The number of hydrogen-bond acceptors (Lipinski definition) is 2. The second-order valence-corrected chi connectivity index (χ2v) is 4.55. The number of ether oxygens (including phenoxy) is 1. The van der Waals surface area contributed by atoms with Gasteiger partial charge >= 0.3 is 0 Å². The zero-order valence-electron chi connectivity index (χ0n) is 10.9. The van der Waals surface area contributed by atoms with Crippen molar-refractivity contribution in [1.29, 1.82) is 0 Å². The van der Waals surface area contributed by atoms with Gasteiger partial charge in [0.15, 0.2) is 0 Å². The van der Waals surface area contributed by atoms with E-state index >= 15 is 0 Å². The average Bonchev–Trinajstić information content (AvgIpc) is 2.33. The summed E-state index contributed by atoms with van der Waals surface area (Å²) in [6, 6.07) is 14.2. The van der Waals surface area contributed by atoms with Crippen molar-refractivity contribution in [2.75, 3.05) is 6.54 Å². The molecule has 0 saturated carbocycles. The Bertz CT molecular complexity index is 534. The van der Waals surface area contributed by atoms with Gasteiger partial charge < -0.3 is 10.5 Å². The van der Waals surface area contributed by atoms with E-state index in [1.165, 1.54) is 16.7 Å². The van der Waals surface area contributed by atoms with Gasteiger partial charge in [0, 0.05) is 0 Å². The Morgan fingerprint density at radius 3 is 2.44 bits per heavy atom. The maximum Gasteiger partial charge on any atom is 0.127 e. The van der Waals surface area contributed by atoms with Crippen LogP contribution in [0.15, 0.2) is 42.5 Å². The zero-order chi connectivity index (χ0) is 13.0. The molecule has 2 nitrogen and oxygen atoms in total.